The van der Waals surface area contributed by atoms with Gasteiger partial charge in [-0.2, -0.15) is 0 Å². The number of aliphatic hydroxyl groups excluding tert-OH is 3. The number of carbonyl (C=O) groups is 2. The Morgan fingerprint density at radius 2 is 1.95 bits per heavy atom. The summed E-state index contributed by atoms with van der Waals surface area (Å²) in [5.74, 6) is 0.844. The Labute approximate surface area is 235 Å². The van der Waals surface area contributed by atoms with E-state index in [9.17, 15) is 24.9 Å². The van der Waals surface area contributed by atoms with E-state index in [0.29, 0.717) is 42.3 Å². The molecule has 3 heterocycles. The number of aromatic nitrogens is 1. The molecule has 2 saturated heterocycles. The smallest absolute Gasteiger partial charge is 0.309 e. The molecule has 3 N–H and O–H groups in total. The van der Waals surface area contributed by atoms with E-state index in [4.69, 9.17) is 20.3 Å². The van der Waals surface area contributed by atoms with Crippen LogP contribution in [0.4, 0.5) is 0 Å². The zero-order chi connectivity index (χ0) is 29.2. The average Bonchev–Trinajstić information content (AvgIpc) is 3.35. The molecule has 7 atom stereocenters. The largest absolute Gasteiger partial charge is 0.457 e. The van der Waals surface area contributed by atoms with Crippen LogP contribution in [0, 0.1) is 29.6 Å². The lowest BCUT2D eigenvalue weighted by atomic mass is 9.71. The molecule has 0 aliphatic carbocycles. The van der Waals surface area contributed by atoms with Gasteiger partial charge in [-0.25, -0.2) is 4.98 Å². The van der Waals surface area contributed by atoms with Gasteiger partial charge in [-0.15, -0.1) is 12.3 Å². The van der Waals surface area contributed by atoms with Gasteiger partial charge >= 0.3 is 5.97 Å². The second kappa shape index (κ2) is 12.0. The van der Waals surface area contributed by atoms with E-state index >= 15 is 0 Å². The molecule has 218 valence electrons. The molecule has 0 unspecified atom stereocenters. The maximum absolute atomic E-state index is 13.7. The van der Waals surface area contributed by atoms with Crippen molar-refractivity contribution in [2.24, 2.45) is 17.3 Å². The van der Waals surface area contributed by atoms with Gasteiger partial charge < -0.3 is 29.2 Å². The van der Waals surface area contributed by atoms with Crippen LogP contribution in [0.25, 0.3) is 11.1 Å². The van der Waals surface area contributed by atoms with Gasteiger partial charge in [0.05, 0.1) is 35.7 Å². The summed E-state index contributed by atoms with van der Waals surface area (Å²) < 4.78 is 17.5. The summed E-state index contributed by atoms with van der Waals surface area (Å²) in [6, 6.07) is 5.26. The first-order chi connectivity index (χ1) is 18.9. The van der Waals surface area contributed by atoms with Crippen LogP contribution >= 0.6 is 0 Å². The molecule has 0 saturated carbocycles. The fourth-order valence-electron chi connectivity index (χ4n) is 5.82. The number of epoxide rings is 1. The Balaban J connectivity index is 1.63. The van der Waals surface area contributed by atoms with Gasteiger partial charge in [0.1, 0.15) is 24.0 Å². The fraction of sp³-hybridized carbons (Fsp3) is 0.645. The molecule has 4 rings (SSSR count). The second-order valence-electron chi connectivity index (χ2n) is 12.1. The van der Waals surface area contributed by atoms with Crippen molar-refractivity contribution >= 4 is 22.9 Å². The van der Waals surface area contributed by atoms with Crippen LogP contribution in [0.2, 0.25) is 0 Å². The number of terminal acetylenes is 1. The summed E-state index contributed by atoms with van der Waals surface area (Å²) in [4.78, 5) is 31.1. The van der Waals surface area contributed by atoms with E-state index in [1.54, 1.807) is 32.0 Å². The van der Waals surface area contributed by atoms with Crippen molar-refractivity contribution in [3.63, 3.8) is 0 Å². The number of hydrogen-bond donors (Lipinski definition) is 3. The molecule has 9 nitrogen and oxygen atoms in total. The first-order valence-electron chi connectivity index (χ1n) is 14.1. The molecule has 2 aliphatic rings. The van der Waals surface area contributed by atoms with Crippen LogP contribution < -0.4 is 0 Å². The van der Waals surface area contributed by atoms with Gasteiger partial charge in [0, 0.05) is 18.8 Å². The zero-order valence-electron chi connectivity index (χ0n) is 23.8. The lowest BCUT2D eigenvalue weighted by molar-refractivity contribution is -0.156. The number of carbonyl (C=O) groups excluding carboxylic acids is 2. The summed E-state index contributed by atoms with van der Waals surface area (Å²) in [6.07, 6.45) is 5.26. The number of benzene rings is 1. The maximum atomic E-state index is 13.7. The summed E-state index contributed by atoms with van der Waals surface area (Å²) in [5.41, 5.74) is 0.0138. The number of hydrogen-bond acceptors (Lipinski definition) is 9. The Morgan fingerprint density at radius 3 is 2.65 bits per heavy atom. The van der Waals surface area contributed by atoms with Crippen LogP contribution in [0.5, 0.6) is 0 Å². The molecule has 1 aromatic carbocycles. The lowest BCUT2D eigenvalue weighted by Gasteiger charge is -2.36. The Morgan fingerprint density at radius 1 is 1.20 bits per heavy atom. The van der Waals surface area contributed by atoms with Crippen LogP contribution in [0.3, 0.4) is 0 Å². The minimum absolute atomic E-state index is 0.147. The fourth-order valence-corrected chi connectivity index (χ4v) is 5.82. The van der Waals surface area contributed by atoms with Gasteiger partial charge in [-0.3, -0.25) is 9.59 Å². The molecule has 2 fully saturated rings. The molecule has 0 radical (unpaired) electrons. The highest BCUT2D eigenvalue weighted by Crippen LogP contribution is 2.47. The first-order valence-corrected chi connectivity index (χ1v) is 14.1. The third-order valence-electron chi connectivity index (χ3n) is 8.79. The van der Waals surface area contributed by atoms with Gasteiger partial charge in [0.2, 0.25) is 5.89 Å². The number of esters is 1. The number of fused-ring (bicyclic) bond motifs is 2. The number of ketones is 1. The molecule has 0 amide bonds. The molecule has 9 heteroatoms. The van der Waals surface area contributed by atoms with Crippen molar-refractivity contribution < 1.29 is 38.8 Å². The van der Waals surface area contributed by atoms with E-state index < -0.39 is 47.6 Å². The highest BCUT2D eigenvalue weighted by molar-refractivity contribution is 5.88. The predicted octanol–water partition coefficient (Wildman–Crippen LogP) is 4.01. The number of rotatable bonds is 4. The molecule has 2 aromatic rings. The first kappa shape index (κ1) is 30.2. The minimum atomic E-state index is -1.33. The van der Waals surface area contributed by atoms with E-state index in [0.717, 1.165) is 12.8 Å². The van der Waals surface area contributed by atoms with E-state index in [1.165, 1.54) is 0 Å². The maximum Gasteiger partial charge on any atom is 0.309 e. The van der Waals surface area contributed by atoms with Crippen molar-refractivity contribution in [2.45, 2.75) is 109 Å². The third-order valence-corrected chi connectivity index (χ3v) is 8.79. The zero-order valence-corrected chi connectivity index (χ0v) is 23.8. The SMILES string of the molecule is C#CCC[C@H]1C(=O)C(C)(C)[C@@H](O)CC(=O)O[C@H](c2ccc3oc(CO)nc3c2)C[C@@H]2O[C@]2(C)CCC[C@H](C)[C@@H]1O. The van der Waals surface area contributed by atoms with Crippen LogP contribution in [0.1, 0.15) is 90.2 Å². The number of ether oxygens (including phenoxy) is 2. The number of aliphatic hydroxyl groups is 3. The minimum Gasteiger partial charge on any atom is -0.457 e. The lowest BCUT2D eigenvalue weighted by Crippen LogP contribution is -2.46. The highest BCUT2D eigenvalue weighted by atomic mass is 16.6. The highest BCUT2D eigenvalue weighted by Gasteiger charge is 2.53. The van der Waals surface area contributed by atoms with Crippen molar-refractivity contribution in [1.29, 1.82) is 0 Å². The van der Waals surface area contributed by atoms with Gasteiger partial charge in [0.15, 0.2) is 5.58 Å². The Kier molecular flexibility index (Phi) is 9.05. The second-order valence-corrected chi connectivity index (χ2v) is 12.1. The summed E-state index contributed by atoms with van der Waals surface area (Å²) in [5, 5.41) is 31.7. The van der Waals surface area contributed by atoms with Crippen LogP contribution in [0.15, 0.2) is 22.6 Å². The molecule has 0 spiro atoms. The predicted molar refractivity (Wildman–Crippen MR) is 147 cm³/mol. The monoisotopic (exact) mass is 555 g/mol. The Bertz CT molecular complexity index is 1260. The van der Waals surface area contributed by atoms with E-state index in [2.05, 4.69) is 10.9 Å². The topological polar surface area (TPSA) is 143 Å². The molecule has 1 aromatic heterocycles. The normalized spacial score (nSPS) is 33.6. The van der Waals surface area contributed by atoms with Gasteiger partial charge in [-0.05, 0) is 49.8 Å². The summed E-state index contributed by atoms with van der Waals surface area (Å²) in [7, 11) is 0. The summed E-state index contributed by atoms with van der Waals surface area (Å²) in [6.45, 7) is 6.81. The van der Waals surface area contributed by atoms with Crippen molar-refractivity contribution in [3.05, 3.63) is 29.7 Å². The van der Waals surface area contributed by atoms with Gasteiger partial charge in [-0.1, -0.05) is 33.3 Å². The van der Waals surface area contributed by atoms with Gasteiger partial charge in [0.25, 0.3) is 0 Å². The van der Waals surface area contributed by atoms with Crippen LogP contribution in [-0.4, -0.2) is 56.0 Å². The molecule has 40 heavy (non-hydrogen) atoms. The number of Topliss-reactive ketones (excluding diaryl/α,β-unsaturated/α-hetero) is 1. The quantitative estimate of drug-likeness (QED) is 0.290. The van der Waals surface area contributed by atoms with Crippen LogP contribution in [-0.2, 0) is 25.7 Å². The molecular weight excluding hydrogens is 514 g/mol. The summed E-state index contributed by atoms with van der Waals surface area (Å²) >= 11 is 0. The number of oxazole rings is 1. The average molecular weight is 556 g/mol. The molecule has 2 aliphatic heterocycles. The Hall–Kier alpha value is -2.77. The van der Waals surface area contributed by atoms with Crippen molar-refractivity contribution in [3.8, 4) is 12.3 Å². The molecular formula is C31H41NO8. The molecule has 0 bridgehead atoms. The van der Waals surface area contributed by atoms with E-state index in [1.807, 2.05) is 13.8 Å². The van der Waals surface area contributed by atoms with Crippen molar-refractivity contribution in [1.82, 2.24) is 4.98 Å². The standard InChI is InChI=1S/C31H41NO8/c1-6-7-10-20-28(36)18(2)9-8-13-31(5)25(40-31)15-23(39-27(35)16-24(34)30(3,4)29(20)37)19-11-12-22-21(14-19)32-26(17-33)38-22/h1,11-12,14,18,20,23-25,28,33-34,36H,7-10,13,15-17H2,2-5H3/t18-,20+,23-,24-,25-,28-,31+/m0/s1. The number of nitrogens with zero attached hydrogens (tertiary/aromatic N) is 1. The van der Waals surface area contributed by atoms with E-state index in [-0.39, 0.29) is 30.3 Å². The third kappa shape index (κ3) is 6.41. The number of cyclic esters (lactones) is 1. The van der Waals surface area contributed by atoms with Crippen molar-refractivity contribution in [2.75, 3.05) is 0 Å².